The van der Waals surface area contributed by atoms with Crippen LogP contribution in [0.5, 0.6) is 5.75 Å². The van der Waals surface area contributed by atoms with Gasteiger partial charge in [0.25, 0.3) is 5.95 Å². The molecule has 5 heterocycles. The van der Waals surface area contributed by atoms with Crippen molar-refractivity contribution in [3.8, 4) is 17.4 Å². The van der Waals surface area contributed by atoms with Crippen LogP contribution < -0.4 is 15.4 Å². The van der Waals surface area contributed by atoms with Crippen LogP contribution in [0.1, 0.15) is 45.3 Å². The van der Waals surface area contributed by atoms with Crippen LogP contribution in [-0.4, -0.2) is 64.6 Å². The molecule has 0 saturated heterocycles. The molecular formula is C42H41ClF6N14O2. The van der Waals surface area contributed by atoms with Crippen molar-refractivity contribution in [1.29, 1.82) is 0 Å². The Morgan fingerprint density at radius 1 is 0.646 bits per heavy atom. The fourth-order valence-electron chi connectivity index (χ4n) is 6.06. The van der Waals surface area contributed by atoms with E-state index in [1.807, 2.05) is 45.9 Å². The molecular weight excluding hydrogens is 882 g/mol. The average Bonchev–Trinajstić information content (AvgIpc) is 4.03. The van der Waals surface area contributed by atoms with E-state index in [0.717, 1.165) is 58.4 Å². The van der Waals surface area contributed by atoms with Gasteiger partial charge in [-0.2, -0.15) is 46.5 Å². The largest absolute Gasteiger partial charge is 0.487 e. The second kappa shape index (κ2) is 20.0. The molecule has 0 spiro atoms. The summed E-state index contributed by atoms with van der Waals surface area (Å²) in [5.74, 6) is 1.01. The monoisotopic (exact) mass is 922 g/mol. The van der Waals surface area contributed by atoms with Gasteiger partial charge in [0, 0.05) is 60.7 Å². The number of benzene rings is 3. The van der Waals surface area contributed by atoms with Crippen LogP contribution in [0.2, 0.25) is 5.15 Å². The van der Waals surface area contributed by atoms with Gasteiger partial charge < -0.3 is 20.5 Å². The van der Waals surface area contributed by atoms with Crippen molar-refractivity contribution in [2.24, 2.45) is 14.1 Å². The Balaban J connectivity index is 0.000000188. The fraction of sp³-hybridized carbons (Fsp3) is 0.238. The zero-order valence-electron chi connectivity index (χ0n) is 35.5. The number of aliphatic hydroxyl groups is 1. The maximum atomic E-state index is 13.1. The van der Waals surface area contributed by atoms with Gasteiger partial charge in [-0.05, 0) is 82.3 Å². The molecule has 5 aromatic heterocycles. The number of aryl methyl sites for hydroxylation is 6. The summed E-state index contributed by atoms with van der Waals surface area (Å²) in [5, 5.41) is 38.1. The third-order valence-corrected chi connectivity index (χ3v) is 9.33. The maximum absolute atomic E-state index is 13.1. The van der Waals surface area contributed by atoms with E-state index in [9.17, 15) is 26.3 Å². The van der Waals surface area contributed by atoms with Crippen molar-refractivity contribution in [3.63, 3.8) is 0 Å². The SMILES string of the molecule is Cc1cc(C)n(-c2cc(Nc3cccc(C(F)(F)F)c3)cc(OCc3cnnn3C)c2)n1.Cc1cc(C)n(-c2nc(Cl)cc(Nc3cccc(C(F)(F)F)c3)n2)n1.Cn1nncc1CO. The number of aromatic nitrogens is 12. The first-order valence-corrected chi connectivity index (χ1v) is 19.7. The number of aliphatic hydroxyl groups excluding tert-OH is 1. The molecule has 3 N–H and O–H groups in total. The van der Waals surface area contributed by atoms with E-state index < -0.39 is 23.5 Å². The lowest BCUT2D eigenvalue weighted by molar-refractivity contribution is -0.138. The third kappa shape index (κ3) is 12.7. The smallest absolute Gasteiger partial charge is 0.416 e. The molecule has 340 valence electrons. The lowest BCUT2D eigenvalue weighted by atomic mass is 10.2. The minimum absolute atomic E-state index is 0.00347. The zero-order chi connectivity index (χ0) is 47.1. The highest BCUT2D eigenvalue weighted by atomic mass is 35.5. The van der Waals surface area contributed by atoms with Crippen LogP contribution in [0.4, 0.5) is 49.2 Å². The van der Waals surface area contributed by atoms with E-state index in [4.69, 9.17) is 21.4 Å². The molecule has 0 aliphatic rings. The summed E-state index contributed by atoms with van der Waals surface area (Å²) >= 11 is 6.02. The second-order valence-electron chi connectivity index (χ2n) is 14.3. The Morgan fingerprint density at radius 3 is 1.69 bits per heavy atom. The summed E-state index contributed by atoms with van der Waals surface area (Å²) in [5.41, 5.74) is 5.21. The summed E-state index contributed by atoms with van der Waals surface area (Å²) < 4.78 is 90.1. The molecule has 0 atom stereocenters. The molecule has 3 aromatic carbocycles. The Labute approximate surface area is 372 Å². The predicted molar refractivity (Wildman–Crippen MR) is 228 cm³/mol. The summed E-state index contributed by atoms with van der Waals surface area (Å²) in [6, 6.07) is 20.4. The molecule has 0 bridgehead atoms. The van der Waals surface area contributed by atoms with Crippen molar-refractivity contribution < 1.29 is 36.2 Å². The van der Waals surface area contributed by atoms with Crippen molar-refractivity contribution >= 4 is 34.5 Å². The van der Waals surface area contributed by atoms with Crippen LogP contribution in [0.15, 0.2) is 97.3 Å². The van der Waals surface area contributed by atoms with Gasteiger partial charge in [0.05, 0.1) is 58.6 Å². The number of nitrogens with one attached hydrogen (secondary N) is 2. The highest BCUT2D eigenvalue weighted by Crippen LogP contribution is 2.34. The number of ether oxygens (including phenoxy) is 1. The van der Waals surface area contributed by atoms with E-state index in [0.29, 0.717) is 22.8 Å². The molecule has 0 radical (unpaired) electrons. The molecule has 0 aliphatic heterocycles. The quantitative estimate of drug-likeness (QED) is 0.0878. The van der Waals surface area contributed by atoms with Gasteiger partial charge in [-0.3, -0.25) is 4.68 Å². The highest BCUT2D eigenvalue weighted by molar-refractivity contribution is 6.29. The van der Waals surface area contributed by atoms with Crippen LogP contribution in [0.25, 0.3) is 11.6 Å². The maximum Gasteiger partial charge on any atom is 0.416 e. The minimum Gasteiger partial charge on any atom is -0.487 e. The molecule has 0 amide bonds. The van der Waals surface area contributed by atoms with E-state index in [1.54, 1.807) is 47.9 Å². The summed E-state index contributed by atoms with van der Waals surface area (Å²) in [4.78, 5) is 8.39. The summed E-state index contributed by atoms with van der Waals surface area (Å²) in [6.07, 6.45) is -5.71. The van der Waals surface area contributed by atoms with Crippen LogP contribution in [-0.2, 0) is 39.7 Å². The first-order chi connectivity index (χ1) is 30.7. The van der Waals surface area contributed by atoms with Gasteiger partial charge >= 0.3 is 12.4 Å². The molecule has 0 aliphatic carbocycles. The van der Waals surface area contributed by atoms with Gasteiger partial charge in [-0.25, -0.2) is 14.0 Å². The van der Waals surface area contributed by atoms with Gasteiger partial charge in [-0.15, -0.1) is 10.2 Å². The van der Waals surface area contributed by atoms with Crippen LogP contribution in [0.3, 0.4) is 0 Å². The molecule has 8 rings (SSSR count). The first kappa shape index (κ1) is 47.2. The number of hydrogen-bond donors (Lipinski definition) is 3. The summed E-state index contributed by atoms with van der Waals surface area (Å²) in [7, 11) is 3.50. The van der Waals surface area contributed by atoms with E-state index in [1.165, 1.54) is 39.8 Å². The van der Waals surface area contributed by atoms with Gasteiger partial charge in [-0.1, -0.05) is 34.2 Å². The number of alkyl halides is 6. The van der Waals surface area contributed by atoms with Gasteiger partial charge in [0.1, 0.15) is 23.3 Å². The predicted octanol–water partition coefficient (Wildman–Crippen LogP) is 8.96. The summed E-state index contributed by atoms with van der Waals surface area (Å²) in [6.45, 7) is 7.71. The van der Waals surface area contributed by atoms with E-state index in [2.05, 4.69) is 51.4 Å². The minimum atomic E-state index is -4.42. The number of rotatable bonds is 10. The van der Waals surface area contributed by atoms with E-state index >= 15 is 0 Å². The Hall–Kier alpha value is -7.33. The lowest BCUT2D eigenvalue weighted by Gasteiger charge is -2.15. The first-order valence-electron chi connectivity index (χ1n) is 19.3. The topological polar surface area (TPSA) is 176 Å². The highest BCUT2D eigenvalue weighted by Gasteiger charge is 2.31. The fourth-order valence-corrected chi connectivity index (χ4v) is 6.24. The van der Waals surface area contributed by atoms with Crippen LogP contribution in [0, 0.1) is 27.7 Å². The van der Waals surface area contributed by atoms with Gasteiger partial charge in [0.2, 0.25) is 0 Å². The normalized spacial score (nSPS) is 11.4. The molecule has 0 saturated carbocycles. The second-order valence-corrected chi connectivity index (χ2v) is 14.7. The standard InChI is InChI=1S/C22H21F3N6O.C16H13ClF3N5.C4H7N3O/c1-14-7-15(2)31(28-14)19-9-18(27-17-6-4-5-16(8-17)22(23,24)25)10-21(11-19)32-13-20-12-26-29-30(20)3;1-9-6-10(2)25(24-9)15-22-13(17)8-14(23-15)21-12-5-3-4-11(7-12)16(18,19)20;1-7-4(3-8)2-5-6-7/h4-12,27H,13H2,1-3H3;3-8H,1-2H3,(H,21,22,23);2,8H,3H2,1H3. The number of anilines is 4. The molecule has 16 nitrogen and oxygen atoms in total. The van der Waals surface area contributed by atoms with Gasteiger partial charge in [0.15, 0.2) is 0 Å². The lowest BCUT2D eigenvalue weighted by Crippen LogP contribution is -2.08. The molecule has 0 unspecified atom stereocenters. The van der Waals surface area contributed by atoms with Crippen molar-refractivity contribution in [1.82, 2.24) is 59.5 Å². The number of hydrogen-bond acceptors (Lipinski definition) is 12. The molecule has 8 aromatic rings. The van der Waals surface area contributed by atoms with E-state index in [-0.39, 0.29) is 35.8 Å². The van der Waals surface area contributed by atoms with Crippen LogP contribution >= 0.6 is 11.6 Å². The van der Waals surface area contributed by atoms with Crippen molar-refractivity contribution in [2.75, 3.05) is 10.6 Å². The number of halogens is 7. The Kier molecular flexibility index (Phi) is 14.5. The Morgan fingerprint density at radius 2 is 1.20 bits per heavy atom. The Bertz CT molecular complexity index is 2870. The molecule has 65 heavy (non-hydrogen) atoms. The number of nitrogens with zero attached hydrogens (tertiary/aromatic N) is 12. The average molecular weight is 923 g/mol. The van der Waals surface area contributed by atoms with Crippen molar-refractivity contribution in [2.45, 2.75) is 53.3 Å². The third-order valence-electron chi connectivity index (χ3n) is 9.13. The van der Waals surface area contributed by atoms with Crippen molar-refractivity contribution in [3.05, 3.63) is 148 Å². The zero-order valence-corrected chi connectivity index (χ0v) is 36.3. The molecule has 23 heteroatoms. The molecule has 0 fully saturated rings.